The van der Waals surface area contributed by atoms with Gasteiger partial charge in [0.1, 0.15) is 0 Å². The predicted octanol–water partition coefficient (Wildman–Crippen LogP) is 3.30. The van der Waals surface area contributed by atoms with E-state index in [1.165, 1.54) is 12.8 Å². The van der Waals surface area contributed by atoms with Crippen molar-refractivity contribution in [3.8, 4) is 0 Å². The molecule has 0 radical (unpaired) electrons. The van der Waals surface area contributed by atoms with Crippen molar-refractivity contribution >= 4 is 0 Å². The van der Waals surface area contributed by atoms with Crippen LogP contribution in [0, 0.1) is 11.8 Å². The molecule has 0 aliphatic rings. The van der Waals surface area contributed by atoms with E-state index < -0.39 is 0 Å². The quantitative estimate of drug-likeness (QED) is 0.672. The maximum Gasteiger partial charge on any atom is -0.00492 e. The average molecular weight is 173 g/mol. The monoisotopic (exact) mass is 173 g/mol. The summed E-state index contributed by atoms with van der Waals surface area (Å²) >= 11 is 0. The van der Waals surface area contributed by atoms with Crippen LogP contribution in [0.15, 0.2) is 0 Å². The van der Waals surface area contributed by atoms with Crippen LogP contribution in [0.5, 0.6) is 0 Å². The summed E-state index contributed by atoms with van der Waals surface area (Å²) in [6.45, 7) is 12.1. The van der Waals surface area contributed by atoms with E-state index >= 15 is 0 Å². The molecule has 1 nitrogen and oxygen atoms in total. The minimum Gasteiger partial charge on any atom is -0.320 e. The molecule has 1 heteroatoms. The third-order valence-electron chi connectivity index (χ3n) is 2.23. The SMILES string of the molecule is CC.CCC(CCNC)C(C)C. The molecule has 0 aromatic carbocycles. The first-order chi connectivity index (χ1) is 5.72. The lowest BCUT2D eigenvalue weighted by Crippen LogP contribution is -2.16. The molecule has 0 aromatic rings. The normalized spacial score (nSPS) is 12.2. The maximum absolute atomic E-state index is 3.19. The average Bonchev–Trinajstić information content (AvgIpc) is 2.09. The molecular formula is C11H27N. The minimum absolute atomic E-state index is 0.846. The summed E-state index contributed by atoms with van der Waals surface area (Å²) in [7, 11) is 2.02. The van der Waals surface area contributed by atoms with Gasteiger partial charge in [-0.1, -0.05) is 41.0 Å². The lowest BCUT2D eigenvalue weighted by Gasteiger charge is -2.18. The summed E-state index contributed by atoms with van der Waals surface area (Å²) in [5.74, 6) is 1.76. The van der Waals surface area contributed by atoms with Gasteiger partial charge < -0.3 is 5.32 Å². The molecule has 0 aliphatic heterocycles. The minimum atomic E-state index is 0.846. The standard InChI is InChI=1S/C9H21N.C2H6/c1-5-9(8(2)3)6-7-10-4;1-2/h8-10H,5-7H2,1-4H3;1-2H3. The van der Waals surface area contributed by atoms with Gasteiger partial charge in [-0.25, -0.2) is 0 Å². The van der Waals surface area contributed by atoms with Gasteiger partial charge in [0, 0.05) is 0 Å². The van der Waals surface area contributed by atoms with Gasteiger partial charge in [0.25, 0.3) is 0 Å². The second-order valence-electron chi connectivity index (χ2n) is 3.30. The zero-order valence-corrected chi connectivity index (χ0v) is 9.78. The van der Waals surface area contributed by atoms with Crippen molar-refractivity contribution < 1.29 is 0 Å². The Labute approximate surface area is 78.9 Å². The van der Waals surface area contributed by atoms with Crippen LogP contribution in [0.4, 0.5) is 0 Å². The number of rotatable bonds is 5. The molecule has 1 unspecified atom stereocenters. The Bertz CT molecular complexity index is 69.4. The lowest BCUT2D eigenvalue weighted by atomic mass is 9.90. The van der Waals surface area contributed by atoms with Gasteiger partial charge in [-0.2, -0.15) is 0 Å². The molecular weight excluding hydrogens is 146 g/mol. The Balaban J connectivity index is 0. The van der Waals surface area contributed by atoms with E-state index in [0.717, 1.165) is 18.4 Å². The molecule has 1 atom stereocenters. The van der Waals surface area contributed by atoms with Gasteiger partial charge in [-0.15, -0.1) is 0 Å². The molecule has 12 heavy (non-hydrogen) atoms. The molecule has 0 fully saturated rings. The van der Waals surface area contributed by atoms with E-state index in [4.69, 9.17) is 0 Å². The van der Waals surface area contributed by atoms with Gasteiger partial charge in [0.05, 0.1) is 0 Å². The van der Waals surface area contributed by atoms with Gasteiger partial charge in [-0.3, -0.25) is 0 Å². The highest BCUT2D eigenvalue weighted by Gasteiger charge is 2.08. The first kappa shape index (κ1) is 14.5. The fourth-order valence-electron chi connectivity index (χ4n) is 1.34. The van der Waals surface area contributed by atoms with Gasteiger partial charge in [0.15, 0.2) is 0 Å². The zero-order valence-electron chi connectivity index (χ0n) is 9.78. The van der Waals surface area contributed by atoms with Crippen LogP contribution in [-0.4, -0.2) is 13.6 Å². The van der Waals surface area contributed by atoms with Crippen molar-refractivity contribution in [3.05, 3.63) is 0 Å². The zero-order chi connectivity index (χ0) is 9.98. The second-order valence-corrected chi connectivity index (χ2v) is 3.30. The Morgan fingerprint density at radius 2 is 1.67 bits per heavy atom. The summed E-state index contributed by atoms with van der Waals surface area (Å²) < 4.78 is 0. The maximum atomic E-state index is 3.19. The van der Waals surface area contributed by atoms with E-state index in [-0.39, 0.29) is 0 Å². The highest BCUT2D eigenvalue weighted by Crippen LogP contribution is 2.17. The second kappa shape index (κ2) is 11.0. The summed E-state index contributed by atoms with van der Waals surface area (Å²) in [6, 6.07) is 0. The van der Waals surface area contributed by atoms with Crippen molar-refractivity contribution in [1.29, 1.82) is 0 Å². The molecule has 0 bridgehead atoms. The highest BCUT2D eigenvalue weighted by molar-refractivity contribution is 4.61. The Hall–Kier alpha value is -0.0400. The van der Waals surface area contributed by atoms with Crippen LogP contribution in [-0.2, 0) is 0 Å². The molecule has 76 valence electrons. The van der Waals surface area contributed by atoms with Crippen LogP contribution in [0.3, 0.4) is 0 Å². The van der Waals surface area contributed by atoms with Crippen molar-refractivity contribution in [2.24, 2.45) is 11.8 Å². The van der Waals surface area contributed by atoms with Crippen molar-refractivity contribution in [2.75, 3.05) is 13.6 Å². The fourth-order valence-corrected chi connectivity index (χ4v) is 1.34. The van der Waals surface area contributed by atoms with Gasteiger partial charge >= 0.3 is 0 Å². The van der Waals surface area contributed by atoms with E-state index in [1.807, 2.05) is 20.9 Å². The Morgan fingerprint density at radius 3 is 1.92 bits per heavy atom. The Kier molecular flexibility index (Phi) is 13.2. The summed E-state index contributed by atoms with van der Waals surface area (Å²) in [6.07, 6.45) is 2.64. The number of nitrogens with one attached hydrogen (secondary N) is 1. The van der Waals surface area contributed by atoms with Crippen molar-refractivity contribution in [3.63, 3.8) is 0 Å². The first-order valence-electron chi connectivity index (χ1n) is 5.37. The lowest BCUT2D eigenvalue weighted by molar-refractivity contribution is 0.346. The molecule has 0 spiro atoms. The van der Waals surface area contributed by atoms with Crippen molar-refractivity contribution in [2.45, 2.75) is 47.5 Å². The third-order valence-corrected chi connectivity index (χ3v) is 2.23. The molecule has 1 N–H and O–H groups in total. The van der Waals surface area contributed by atoms with E-state index in [0.29, 0.717) is 0 Å². The van der Waals surface area contributed by atoms with E-state index in [9.17, 15) is 0 Å². The molecule has 0 heterocycles. The molecule has 0 amide bonds. The van der Waals surface area contributed by atoms with Gasteiger partial charge in [0.2, 0.25) is 0 Å². The largest absolute Gasteiger partial charge is 0.320 e. The van der Waals surface area contributed by atoms with Crippen molar-refractivity contribution in [1.82, 2.24) is 5.32 Å². The van der Waals surface area contributed by atoms with Gasteiger partial charge in [-0.05, 0) is 31.8 Å². The summed E-state index contributed by atoms with van der Waals surface area (Å²) in [4.78, 5) is 0. The van der Waals surface area contributed by atoms with Crippen LogP contribution in [0.2, 0.25) is 0 Å². The molecule has 0 aromatic heterocycles. The smallest absolute Gasteiger partial charge is 0.00492 e. The Morgan fingerprint density at radius 1 is 1.17 bits per heavy atom. The molecule has 0 saturated carbocycles. The summed E-state index contributed by atoms with van der Waals surface area (Å²) in [5, 5.41) is 3.19. The van der Waals surface area contributed by atoms with Crippen LogP contribution in [0.1, 0.15) is 47.5 Å². The summed E-state index contributed by atoms with van der Waals surface area (Å²) in [5.41, 5.74) is 0. The van der Waals surface area contributed by atoms with E-state index in [2.05, 4.69) is 26.1 Å². The predicted molar refractivity (Wildman–Crippen MR) is 58.5 cm³/mol. The first-order valence-corrected chi connectivity index (χ1v) is 5.37. The third kappa shape index (κ3) is 8.06. The number of hydrogen-bond acceptors (Lipinski definition) is 1. The van der Waals surface area contributed by atoms with Crippen LogP contribution < -0.4 is 5.32 Å². The molecule has 0 saturated heterocycles. The fraction of sp³-hybridized carbons (Fsp3) is 1.00. The number of hydrogen-bond donors (Lipinski definition) is 1. The van der Waals surface area contributed by atoms with Crippen LogP contribution in [0.25, 0.3) is 0 Å². The highest BCUT2D eigenvalue weighted by atomic mass is 14.8. The van der Waals surface area contributed by atoms with Crippen LogP contribution >= 0.6 is 0 Å². The molecule has 0 aliphatic carbocycles. The molecule has 0 rings (SSSR count). The topological polar surface area (TPSA) is 12.0 Å². The van der Waals surface area contributed by atoms with E-state index in [1.54, 1.807) is 0 Å².